The first kappa shape index (κ1) is 16.6. The fourth-order valence-corrected chi connectivity index (χ4v) is 2.00. The maximum absolute atomic E-state index is 5.83. The molecule has 1 N–H and O–H groups in total. The van der Waals surface area contributed by atoms with Gasteiger partial charge in [-0.3, -0.25) is 0 Å². The molecule has 1 rings (SSSR count). The highest BCUT2D eigenvalue weighted by Gasteiger charge is 2.06. The molecular formula is C17H27NO2. The molecule has 112 valence electrons. The molecule has 0 aliphatic heterocycles. The molecule has 0 aliphatic carbocycles. The lowest BCUT2D eigenvalue weighted by Gasteiger charge is -2.13. The van der Waals surface area contributed by atoms with E-state index < -0.39 is 0 Å². The van der Waals surface area contributed by atoms with Gasteiger partial charge in [-0.2, -0.15) is 0 Å². The average Bonchev–Trinajstić information content (AvgIpc) is 2.45. The Morgan fingerprint density at radius 3 is 2.70 bits per heavy atom. The smallest absolute Gasteiger partial charge is 0.161 e. The van der Waals surface area contributed by atoms with Crippen LogP contribution in [0, 0.1) is 0 Å². The Kier molecular flexibility index (Phi) is 8.56. The van der Waals surface area contributed by atoms with E-state index in [2.05, 4.69) is 18.0 Å². The van der Waals surface area contributed by atoms with E-state index in [-0.39, 0.29) is 0 Å². The minimum Gasteiger partial charge on any atom is -0.490 e. The van der Waals surface area contributed by atoms with Gasteiger partial charge in [-0.05, 0) is 57.4 Å². The van der Waals surface area contributed by atoms with Gasteiger partial charge in [-0.25, -0.2) is 0 Å². The molecule has 0 saturated carbocycles. The Labute approximate surface area is 123 Å². The van der Waals surface area contributed by atoms with E-state index in [1.807, 2.05) is 32.2 Å². The first-order valence-electron chi connectivity index (χ1n) is 7.45. The molecule has 0 aromatic heterocycles. The van der Waals surface area contributed by atoms with Crippen LogP contribution in [0.3, 0.4) is 0 Å². The Balaban J connectivity index is 2.48. The van der Waals surface area contributed by atoms with Gasteiger partial charge in [0.1, 0.15) is 0 Å². The molecule has 0 saturated heterocycles. The molecule has 0 radical (unpaired) electrons. The van der Waals surface area contributed by atoms with Gasteiger partial charge >= 0.3 is 0 Å². The number of ether oxygens (including phenoxy) is 2. The van der Waals surface area contributed by atoms with Crippen LogP contribution in [0.15, 0.2) is 30.9 Å². The molecule has 0 aliphatic rings. The van der Waals surface area contributed by atoms with Crippen molar-refractivity contribution in [3.63, 3.8) is 0 Å². The van der Waals surface area contributed by atoms with Crippen LogP contribution < -0.4 is 14.8 Å². The minimum atomic E-state index is 0.651. The third kappa shape index (κ3) is 6.11. The van der Waals surface area contributed by atoms with Crippen LogP contribution in [0.4, 0.5) is 0 Å². The lowest BCUT2D eigenvalue weighted by molar-refractivity contribution is 0.270. The van der Waals surface area contributed by atoms with Crippen molar-refractivity contribution >= 4 is 0 Å². The summed E-state index contributed by atoms with van der Waals surface area (Å²) in [5.74, 6) is 1.68. The Morgan fingerprint density at radius 2 is 2.00 bits per heavy atom. The summed E-state index contributed by atoms with van der Waals surface area (Å²) in [5, 5.41) is 3.14. The number of rotatable bonds is 11. The zero-order valence-electron chi connectivity index (χ0n) is 12.8. The van der Waals surface area contributed by atoms with E-state index in [0.29, 0.717) is 6.61 Å². The maximum Gasteiger partial charge on any atom is 0.161 e. The number of unbranched alkanes of at least 4 members (excludes halogenated alkanes) is 3. The lowest BCUT2D eigenvalue weighted by Crippen LogP contribution is -2.06. The first-order chi connectivity index (χ1) is 9.81. The Bertz CT molecular complexity index is 391. The van der Waals surface area contributed by atoms with Gasteiger partial charge in [0.05, 0.1) is 13.2 Å². The van der Waals surface area contributed by atoms with E-state index in [1.54, 1.807) is 0 Å². The van der Waals surface area contributed by atoms with Crippen molar-refractivity contribution in [3.8, 4) is 11.5 Å². The predicted molar refractivity (Wildman–Crippen MR) is 84.5 cm³/mol. The van der Waals surface area contributed by atoms with E-state index in [0.717, 1.165) is 37.5 Å². The average molecular weight is 277 g/mol. The van der Waals surface area contributed by atoms with Gasteiger partial charge < -0.3 is 14.8 Å². The molecule has 1 aromatic rings. The predicted octanol–water partition coefficient (Wildman–Crippen LogP) is 3.93. The van der Waals surface area contributed by atoms with Gasteiger partial charge in [0.15, 0.2) is 11.5 Å². The number of benzene rings is 1. The van der Waals surface area contributed by atoms with Crippen LogP contribution in [0.2, 0.25) is 0 Å². The van der Waals surface area contributed by atoms with Crippen LogP contribution >= 0.6 is 0 Å². The van der Waals surface area contributed by atoms with Crippen molar-refractivity contribution < 1.29 is 9.47 Å². The summed E-state index contributed by atoms with van der Waals surface area (Å²) in [7, 11) is 1.94. The second-order valence-corrected chi connectivity index (χ2v) is 4.73. The summed E-state index contributed by atoms with van der Waals surface area (Å²) in [6.07, 6.45) is 6.48. The van der Waals surface area contributed by atoms with E-state index >= 15 is 0 Å². The van der Waals surface area contributed by atoms with Crippen molar-refractivity contribution in [2.24, 2.45) is 0 Å². The molecule has 1 aromatic carbocycles. The topological polar surface area (TPSA) is 30.5 Å². The molecule has 3 heteroatoms. The van der Waals surface area contributed by atoms with Gasteiger partial charge in [-0.15, -0.1) is 6.58 Å². The molecule has 0 fully saturated rings. The monoisotopic (exact) mass is 277 g/mol. The third-order valence-corrected chi connectivity index (χ3v) is 3.00. The Morgan fingerprint density at radius 1 is 1.15 bits per heavy atom. The summed E-state index contributed by atoms with van der Waals surface area (Å²) >= 11 is 0. The lowest BCUT2D eigenvalue weighted by atomic mass is 10.2. The highest BCUT2D eigenvalue weighted by Crippen LogP contribution is 2.28. The van der Waals surface area contributed by atoms with E-state index in [1.165, 1.54) is 18.4 Å². The summed E-state index contributed by atoms with van der Waals surface area (Å²) < 4.78 is 11.5. The molecule has 0 spiro atoms. The fourth-order valence-electron chi connectivity index (χ4n) is 2.00. The second-order valence-electron chi connectivity index (χ2n) is 4.73. The molecule has 3 nitrogen and oxygen atoms in total. The maximum atomic E-state index is 5.83. The molecule has 0 atom stereocenters. The number of nitrogens with one attached hydrogen (secondary N) is 1. The van der Waals surface area contributed by atoms with Crippen LogP contribution in [-0.4, -0.2) is 20.3 Å². The molecule has 20 heavy (non-hydrogen) atoms. The van der Waals surface area contributed by atoms with Crippen LogP contribution in [-0.2, 0) is 6.54 Å². The van der Waals surface area contributed by atoms with Crippen LogP contribution in [0.1, 0.15) is 38.2 Å². The number of hydrogen-bond donors (Lipinski definition) is 1. The largest absolute Gasteiger partial charge is 0.490 e. The summed E-state index contributed by atoms with van der Waals surface area (Å²) in [6.45, 7) is 7.94. The summed E-state index contributed by atoms with van der Waals surface area (Å²) in [5.41, 5.74) is 1.20. The fraction of sp³-hybridized carbons (Fsp3) is 0.529. The quantitative estimate of drug-likeness (QED) is 0.491. The highest BCUT2D eigenvalue weighted by atomic mass is 16.5. The molecule has 0 unspecified atom stereocenters. The van der Waals surface area contributed by atoms with Crippen molar-refractivity contribution in [1.82, 2.24) is 5.32 Å². The summed E-state index contributed by atoms with van der Waals surface area (Å²) in [4.78, 5) is 0. The SMILES string of the molecule is C=CCCCCCOc1ccc(CNC)cc1OCC. The molecule has 0 bridgehead atoms. The second kappa shape index (κ2) is 10.3. The van der Waals surface area contributed by atoms with Gasteiger partial charge in [-0.1, -0.05) is 12.1 Å². The molecule has 0 heterocycles. The van der Waals surface area contributed by atoms with Crippen LogP contribution in [0.25, 0.3) is 0 Å². The first-order valence-corrected chi connectivity index (χ1v) is 7.45. The molecule has 0 amide bonds. The zero-order valence-corrected chi connectivity index (χ0v) is 12.8. The minimum absolute atomic E-state index is 0.651. The number of allylic oxidation sites excluding steroid dienone is 1. The Hall–Kier alpha value is -1.48. The normalized spacial score (nSPS) is 10.3. The van der Waals surface area contributed by atoms with Crippen molar-refractivity contribution in [3.05, 3.63) is 36.4 Å². The van der Waals surface area contributed by atoms with E-state index in [9.17, 15) is 0 Å². The van der Waals surface area contributed by atoms with Gasteiger partial charge in [0.25, 0.3) is 0 Å². The standard InChI is InChI=1S/C17H27NO2/c1-4-6-7-8-9-12-20-16-11-10-15(14-18-3)13-17(16)19-5-2/h4,10-11,13,18H,1,5-9,12,14H2,2-3H3. The van der Waals surface area contributed by atoms with Crippen molar-refractivity contribution in [1.29, 1.82) is 0 Å². The van der Waals surface area contributed by atoms with E-state index in [4.69, 9.17) is 9.47 Å². The number of hydrogen-bond acceptors (Lipinski definition) is 3. The van der Waals surface area contributed by atoms with Crippen molar-refractivity contribution in [2.75, 3.05) is 20.3 Å². The third-order valence-electron chi connectivity index (χ3n) is 3.00. The zero-order chi connectivity index (χ0) is 14.6. The van der Waals surface area contributed by atoms with Crippen LogP contribution in [0.5, 0.6) is 11.5 Å². The van der Waals surface area contributed by atoms with Crippen molar-refractivity contribution in [2.45, 2.75) is 39.2 Å². The van der Waals surface area contributed by atoms with Gasteiger partial charge in [0.2, 0.25) is 0 Å². The molecular weight excluding hydrogens is 250 g/mol. The summed E-state index contributed by atoms with van der Waals surface area (Å²) in [6, 6.07) is 6.13. The highest BCUT2D eigenvalue weighted by molar-refractivity contribution is 5.43. The van der Waals surface area contributed by atoms with Gasteiger partial charge in [0, 0.05) is 6.54 Å².